The Hall–Kier alpha value is -2.53. The van der Waals surface area contributed by atoms with E-state index < -0.39 is 26.0 Å². The van der Waals surface area contributed by atoms with Gasteiger partial charge in [0, 0.05) is 24.9 Å². The molecule has 0 saturated heterocycles. The van der Waals surface area contributed by atoms with Crippen molar-refractivity contribution in [1.82, 2.24) is 4.31 Å². The minimum Gasteiger partial charge on any atom is -0.322 e. The normalized spacial score (nSPS) is 12.4. The maximum absolute atomic E-state index is 12.5. The maximum atomic E-state index is 12.5. The lowest BCUT2D eigenvalue weighted by atomic mass is 10.2. The van der Waals surface area contributed by atoms with E-state index in [-0.39, 0.29) is 9.79 Å². The molecule has 10 heteroatoms. The van der Waals surface area contributed by atoms with Crippen molar-refractivity contribution in [2.75, 3.05) is 18.4 Å². The van der Waals surface area contributed by atoms with Gasteiger partial charge in [-0.15, -0.1) is 0 Å². The molecule has 8 nitrogen and oxygen atoms in total. The van der Waals surface area contributed by atoms with Crippen LogP contribution in [0.3, 0.4) is 0 Å². The summed E-state index contributed by atoms with van der Waals surface area (Å²) < 4.78 is 49.5. The van der Waals surface area contributed by atoms with E-state index in [9.17, 15) is 21.6 Å². The number of aryl methyl sites for hydroxylation is 1. The second-order valence-corrected chi connectivity index (χ2v) is 9.97. The van der Waals surface area contributed by atoms with Crippen molar-refractivity contribution < 1.29 is 21.6 Å². The largest absolute Gasteiger partial charge is 0.322 e. The number of amides is 1. The molecule has 0 heterocycles. The number of hydrogen-bond donors (Lipinski definition) is 2. The lowest BCUT2D eigenvalue weighted by Gasteiger charge is -2.18. The highest BCUT2D eigenvalue weighted by atomic mass is 32.2. The number of primary sulfonamides is 1. The first-order chi connectivity index (χ1) is 14.0. The minimum atomic E-state index is -3.90. The van der Waals surface area contributed by atoms with Gasteiger partial charge in [-0.3, -0.25) is 4.79 Å². The molecule has 0 fully saturated rings. The first-order valence-corrected chi connectivity index (χ1v) is 12.2. The molecule has 0 saturated carbocycles. The highest BCUT2D eigenvalue weighted by molar-refractivity contribution is 7.89. The third kappa shape index (κ3) is 5.76. The van der Waals surface area contributed by atoms with E-state index in [1.807, 2.05) is 0 Å². The highest BCUT2D eigenvalue weighted by Crippen LogP contribution is 2.19. The first-order valence-electron chi connectivity index (χ1n) is 9.21. The van der Waals surface area contributed by atoms with Gasteiger partial charge in [0.05, 0.1) is 9.79 Å². The molecule has 0 aliphatic rings. The van der Waals surface area contributed by atoms with Crippen molar-refractivity contribution in [3.05, 3.63) is 59.7 Å². The van der Waals surface area contributed by atoms with Crippen LogP contribution in [0.1, 0.15) is 25.0 Å². The minimum absolute atomic E-state index is 0.0609. The standard InChI is InChI=1S/C20H25N3O5S2/c1-4-23(5-2)30(27,28)18-11-7-16(8-12-18)9-13-20(24)22-17-10-6-15(3)19(14-17)29(21,25)26/h6-14H,4-5H2,1-3H3,(H,22,24)(H2,21,25,26)/b13-9+. The van der Waals surface area contributed by atoms with Gasteiger partial charge in [-0.2, -0.15) is 4.31 Å². The van der Waals surface area contributed by atoms with Crippen molar-refractivity contribution >= 4 is 37.7 Å². The monoisotopic (exact) mass is 451 g/mol. The summed E-state index contributed by atoms with van der Waals surface area (Å²) in [5, 5.41) is 7.74. The van der Waals surface area contributed by atoms with Gasteiger partial charge < -0.3 is 5.32 Å². The second kappa shape index (κ2) is 9.52. The topological polar surface area (TPSA) is 127 Å². The number of nitrogens with two attached hydrogens (primary N) is 1. The van der Waals surface area contributed by atoms with E-state index in [1.165, 1.54) is 34.7 Å². The Morgan fingerprint density at radius 3 is 2.17 bits per heavy atom. The molecule has 1 amide bonds. The molecule has 3 N–H and O–H groups in total. The van der Waals surface area contributed by atoms with E-state index in [0.717, 1.165) is 0 Å². The number of hydrogen-bond acceptors (Lipinski definition) is 5. The summed E-state index contributed by atoms with van der Waals surface area (Å²) in [6, 6.07) is 10.6. The Kier molecular flexibility index (Phi) is 7.54. The van der Waals surface area contributed by atoms with Gasteiger partial charge in [-0.25, -0.2) is 22.0 Å². The van der Waals surface area contributed by atoms with Crippen molar-refractivity contribution in [3.63, 3.8) is 0 Å². The fourth-order valence-electron chi connectivity index (χ4n) is 2.80. The molecule has 0 aromatic heterocycles. The van der Waals surface area contributed by atoms with Crippen LogP contribution in [0.15, 0.2) is 58.3 Å². The van der Waals surface area contributed by atoms with Crippen LogP contribution in [0.5, 0.6) is 0 Å². The van der Waals surface area contributed by atoms with Crippen molar-refractivity contribution in [2.24, 2.45) is 5.14 Å². The molecular formula is C20H25N3O5S2. The summed E-state index contributed by atoms with van der Waals surface area (Å²) in [5.41, 5.74) is 1.41. The predicted octanol–water partition coefficient (Wildman–Crippen LogP) is 2.32. The number of carbonyl (C=O) groups excluding carboxylic acids is 1. The Balaban J connectivity index is 2.13. The Bertz CT molecular complexity index is 1150. The number of rotatable bonds is 8. The summed E-state index contributed by atoms with van der Waals surface area (Å²) in [4.78, 5) is 12.3. The molecule has 2 aromatic rings. The van der Waals surface area contributed by atoms with Crippen LogP contribution in [-0.4, -0.2) is 40.1 Å². The number of anilines is 1. The van der Waals surface area contributed by atoms with Crippen molar-refractivity contribution in [2.45, 2.75) is 30.6 Å². The Labute approximate surface area is 177 Å². The fourth-order valence-corrected chi connectivity index (χ4v) is 5.07. The summed E-state index contributed by atoms with van der Waals surface area (Å²) in [7, 11) is -7.43. The lowest BCUT2D eigenvalue weighted by Crippen LogP contribution is -2.30. The quantitative estimate of drug-likeness (QED) is 0.596. The summed E-state index contributed by atoms with van der Waals surface area (Å²) in [6.45, 7) is 5.92. The Morgan fingerprint density at radius 1 is 1.03 bits per heavy atom. The number of sulfonamides is 2. The molecule has 0 aliphatic heterocycles. The fraction of sp³-hybridized carbons (Fsp3) is 0.250. The summed E-state index contributed by atoms with van der Waals surface area (Å²) in [5.74, 6) is -0.473. The second-order valence-electron chi connectivity index (χ2n) is 6.51. The van der Waals surface area contributed by atoms with Crippen molar-refractivity contribution in [3.8, 4) is 0 Å². The highest BCUT2D eigenvalue weighted by Gasteiger charge is 2.21. The number of carbonyl (C=O) groups is 1. The molecule has 0 aliphatic carbocycles. The SMILES string of the molecule is CCN(CC)S(=O)(=O)c1ccc(/C=C/C(=O)Nc2ccc(C)c(S(N)(=O)=O)c2)cc1. The molecule has 2 aromatic carbocycles. The van der Waals surface area contributed by atoms with Gasteiger partial charge in [-0.05, 0) is 48.4 Å². The van der Waals surface area contributed by atoms with Crippen LogP contribution in [0, 0.1) is 6.92 Å². The van der Waals surface area contributed by atoms with E-state index in [0.29, 0.717) is 29.9 Å². The first kappa shape index (κ1) is 23.7. The molecule has 0 spiro atoms. The van der Waals surface area contributed by atoms with Gasteiger partial charge in [0.1, 0.15) is 0 Å². The van der Waals surface area contributed by atoms with Crippen LogP contribution >= 0.6 is 0 Å². The zero-order valence-corrected chi connectivity index (χ0v) is 18.6. The molecule has 0 atom stereocenters. The number of nitrogens with one attached hydrogen (secondary N) is 1. The maximum Gasteiger partial charge on any atom is 0.248 e. The van der Waals surface area contributed by atoms with Crippen molar-refractivity contribution in [1.29, 1.82) is 0 Å². The third-order valence-corrected chi connectivity index (χ3v) is 7.53. The molecule has 2 rings (SSSR count). The van der Waals surface area contributed by atoms with Crippen LogP contribution in [-0.2, 0) is 24.8 Å². The van der Waals surface area contributed by atoms with Crippen LogP contribution in [0.2, 0.25) is 0 Å². The number of benzene rings is 2. The van der Waals surface area contributed by atoms with Gasteiger partial charge in [0.25, 0.3) is 0 Å². The molecule has 0 unspecified atom stereocenters. The number of nitrogens with zero attached hydrogens (tertiary/aromatic N) is 1. The van der Waals surface area contributed by atoms with E-state index >= 15 is 0 Å². The molecule has 0 bridgehead atoms. The van der Waals surface area contributed by atoms with Crippen LogP contribution in [0.25, 0.3) is 6.08 Å². The molecular weight excluding hydrogens is 426 g/mol. The zero-order valence-electron chi connectivity index (χ0n) is 17.0. The van der Waals surface area contributed by atoms with Crippen LogP contribution in [0.4, 0.5) is 5.69 Å². The summed E-state index contributed by atoms with van der Waals surface area (Å²) >= 11 is 0. The molecule has 0 radical (unpaired) electrons. The molecule has 30 heavy (non-hydrogen) atoms. The van der Waals surface area contributed by atoms with E-state index in [4.69, 9.17) is 5.14 Å². The van der Waals surface area contributed by atoms with Gasteiger partial charge in [0.2, 0.25) is 26.0 Å². The van der Waals surface area contributed by atoms with E-state index in [2.05, 4.69) is 5.32 Å². The average molecular weight is 452 g/mol. The van der Waals surface area contributed by atoms with Gasteiger partial charge in [-0.1, -0.05) is 32.0 Å². The summed E-state index contributed by atoms with van der Waals surface area (Å²) in [6.07, 6.45) is 2.79. The Morgan fingerprint density at radius 2 is 1.63 bits per heavy atom. The third-order valence-electron chi connectivity index (χ3n) is 4.41. The zero-order chi connectivity index (χ0) is 22.5. The van der Waals surface area contributed by atoms with Gasteiger partial charge in [0.15, 0.2) is 0 Å². The average Bonchev–Trinajstić information content (AvgIpc) is 2.68. The smallest absolute Gasteiger partial charge is 0.248 e. The van der Waals surface area contributed by atoms with Gasteiger partial charge >= 0.3 is 0 Å². The predicted molar refractivity (Wildman–Crippen MR) is 117 cm³/mol. The van der Waals surface area contributed by atoms with E-state index in [1.54, 1.807) is 45.0 Å². The molecule has 162 valence electrons. The van der Waals surface area contributed by atoms with Crippen LogP contribution < -0.4 is 10.5 Å². The lowest BCUT2D eigenvalue weighted by molar-refractivity contribution is -0.111.